The Bertz CT molecular complexity index is 607. The zero-order chi connectivity index (χ0) is 14.7. The first-order valence-corrected chi connectivity index (χ1v) is 7.59. The average molecular weight is 286 g/mol. The van der Waals surface area contributed by atoms with Gasteiger partial charge in [0.2, 0.25) is 5.88 Å². The molecule has 4 heteroatoms. The monoisotopic (exact) mass is 286 g/mol. The predicted octanol–water partition coefficient (Wildman–Crippen LogP) is 2.90. The van der Waals surface area contributed by atoms with Gasteiger partial charge in [-0.25, -0.2) is 4.98 Å². The van der Waals surface area contributed by atoms with E-state index in [1.165, 1.54) is 5.39 Å². The van der Waals surface area contributed by atoms with Crippen molar-refractivity contribution < 1.29 is 9.47 Å². The molecule has 1 fully saturated rings. The molecule has 2 heterocycles. The molecule has 21 heavy (non-hydrogen) atoms. The zero-order valence-electron chi connectivity index (χ0n) is 12.6. The number of pyridine rings is 1. The van der Waals surface area contributed by atoms with Crippen LogP contribution < -0.4 is 10.1 Å². The first-order chi connectivity index (χ1) is 10.2. The Labute approximate surface area is 125 Å². The van der Waals surface area contributed by atoms with Crippen LogP contribution in [0, 0.1) is 0 Å². The maximum atomic E-state index is 6.07. The maximum absolute atomic E-state index is 6.07. The van der Waals surface area contributed by atoms with E-state index in [4.69, 9.17) is 14.5 Å². The van der Waals surface area contributed by atoms with E-state index in [0.717, 1.165) is 36.5 Å². The molecule has 0 amide bonds. The largest absolute Gasteiger partial charge is 0.471 e. The highest BCUT2D eigenvalue weighted by Gasteiger charge is 2.19. The summed E-state index contributed by atoms with van der Waals surface area (Å²) in [7, 11) is 0. The summed E-state index contributed by atoms with van der Waals surface area (Å²) in [6.45, 7) is 6.45. The van der Waals surface area contributed by atoms with Gasteiger partial charge in [0.15, 0.2) is 0 Å². The first kappa shape index (κ1) is 14.3. The third kappa shape index (κ3) is 3.52. The van der Waals surface area contributed by atoms with Gasteiger partial charge in [0.05, 0.1) is 18.9 Å². The Morgan fingerprint density at radius 2 is 2.24 bits per heavy atom. The topological polar surface area (TPSA) is 43.4 Å². The molecule has 1 atom stereocenters. The number of hydrogen-bond acceptors (Lipinski definition) is 4. The summed E-state index contributed by atoms with van der Waals surface area (Å²) in [4.78, 5) is 4.70. The van der Waals surface area contributed by atoms with E-state index in [0.29, 0.717) is 12.6 Å². The van der Waals surface area contributed by atoms with Crippen LogP contribution in [0.25, 0.3) is 10.8 Å². The molecule has 2 aromatic rings. The Morgan fingerprint density at radius 3 is 3.00 bits per heavy atom. The number of fused-ring (bicyclic) bond motifs is 1. The third-order valence-electron chi connectivity index (χ3n) is 3.62. The number of aromatic nitrogens is 1. The van der Waals surface area contributed by atoms with E-state index < -0.39 is 0 Å². The number of benzene rings is 1. The highest BCUT2D eigenvalue weighted by atomic mass is 16.5. The summed E-state index contributed by atoms with van der Waals surface area (Å²) in [5.41, 5.74) is 1.01. The molecule has 0 radical (unpaired) electrons. The van der Waals surface area contributed by atoms with Crippen molar-refractivity contribution in [3.8, 4) is 5.88 Å². The number of rotatable bonds is 5. The van der Waals surface area contributed by atoms with Crippen molar-refractivity contribution in [1.82, 2.24) is 10.3 Å². The average Bonchev–Trinajstić information content (AvgIpc) is 2.98. The molecule has 1 aromatic carbocycles. The van der Waals surface area contributed by atoms with Gasteiger partial charge in [-0.15, -0.1) is 0 Å². The van der Waals surface area contributed by atoms with E-state index in [-0.39, 0.29) is 6.10 Å². The Hall–Kier alpha value is -1.65. The SMILES string of the molecule is CC(C)NCc1cc2ccccc2c(OC2CCOC2)n1. The van der Waals surface area contributed by atoms with Gasteiger partial charge < -0.3 is 14.8 Å². The molecule has 112 valence electrons. The lowest BCUT2D eigenvalue weighted by atomic mass is 10.1. The number of ether oxygens (including phenoxy) is 2. The molecule has 0 aliphatic carbocycles. The minimum Gasteiger partial charge on any atom is -0.471 e. The minimum absolute atomic E-state index is 0.120. The normalized spacial score (nSPS) is 18.5. The lowest BCUT2D eigenvalue weighted by Crippen LogP contribution is -2.23. The third-order valence-corrected chi connectivity index (χ3v) is 3.62. The highest BCUT2D eigenvalue weighted by Crippen LogP contribution is 2.26. The molecule has 1 aromatic heterocycles. The summed E-state index contributed by atoms with van der Waals surface area (Å²) in [6, 6.07) is 10.8. The molecule has 1 unspecified atom stereocenters. The van der Waals surface area contributed by atoms with E-state index in [9.17, 15) is 0 Å². The molecule has 1 aliphatic heterocycles. The Kier molecular flexibility index (Phi) is 4.36. The minimum atomic E-state index is 0.120. The van der Waals surface area contributed by atoms with Gasteiger partial charge in [-0.05, 0) is 17.5 Å². The van der Waals surface area contributed by atoms with E-state index in [1.807, 2.05) is 12.1 Å². The first-order valence-electron chi connectivity index (χ1n) is 7.59. The van der Waals surface area contributed by atoms with Crippen LogP contribution in [-0.4, -0.2) is 30.3 Å². The zero-order valence-corrected chi connectivity index (χ0v) is 12.6. The molecule has 0 bridgehead atoms. The maximum Gasteiger partial charge on any atom is 0.221 e. The predicted molar refractivity (Wildman–Crippen MR) is 83.6 cm³/mol. The van der Waals surface area contributed by atoms with Gasteiger partial charge in [-0.2, -0.15) is 0 Å². The Morgan fingerprint density at radius 1 is 1.38 bits per heavy atom. The number of nitrogens with zero attached hydrogens (tertiary/aromatic N) is 1. The van der Waals surface area contributed by atoms with Crippen molar-refractivity contribution >= 4 is 10.8 Å². The fourth-order valence-electron chi connectivity index (χ4n) is 2.47. The van der Waals surface area contributed by atoms with Crippen LogP contribution in [0.4, 0.5) is 0 Å². The van der Waals surface area contributed by atoms with Crippen molar-refractivity contribution in [3.05, 3.63) is 36.0 Å². The van der Waals surface area contributed by atoms with Gasteiger partial charge >= 0.3 is 0 Å². The molecule has 1 saturated heterocycles. The summed E-state index contributed by atoms with van der Waals surface area (Å²) in [6.07, 6.45) is 1.05. The van der Waals surface area contributed by atoms with Gasteiger partial charge in [0.25, 0.3) is 0 Å². The molecule has 1 N–H and O–H groups in total. The molecule has 4 nitrogen and oxygen atoms in total. The summed E-state index contributed by atoms with van der Waals surface area (Å²) in [5, 5.41) is 5.64. The molecular weight excluding hydrogens is 264 g/mol. The standard InChI is InChI=1S/C17H22N2O2/c1-12(2)18-10-14-9-13-5-3-4-6-16(13)17(19-14)21-15-7-8-20-11-15/h3-6,9,12,15,18H,7-8,10-11H2,1-2H3. The van der Waals surface area contributed by atoms with E-state index in [1.54, 1.807) is 0 Å². The fourth-order valence-corrected chi connectivity index (χ4v) is 2.47. The van der Waals surface area contributed by atoms with E-state index >= 15 is 0 Å². The van der Waals surface area contributed by atoms with Crippen LogP contribution in [0.3, 0.4) is 0 Å². The van der Waals surface area contributed by atoms with Crippen LogP contribution in [0.1, 0.15) is 26.0 Å². The van der Waals surface area contributed by atoms with E-state index in [2.05, 4.69) is 37.4 Å². The van der Waals surface area contributed by atoms with Crippen LogP contribution in [0.5, 0.6) is 5.88 Å². The van der Waals surface area contributed by atoms with Gasteiger partial charge in [-0.3, -0.25) is 0 Å². The molecule has 0 spiro atoms. The van der Waals surface area contributed by atoms with Crippen molar-refractivity contribution in [2.75, 3.05) is 13.2 Å². The number of nitrogens with one attached hydrogen (secondary N) is 1. The second-order valence-corrected chi connectivity index (χ2v) is 5.78. The van der Waals surface area contributed by atoms with Crippen molar-refractivity contribution in [3.63, 3.8) is 0 Å². The summed E-state index contributed by atoms with van der Waals surface area (Å²) in [5.74, 6) is 0.726. The number of hydrogen-bond donors (Lipinski definition) is 1. The second kappa shape index (κ2) is 6.41. The van der Waals surface area contributed by atoms with Crippen LogP contribution in [0.2, 0.25) is 0 Å². The van der Waals surface area contributed by atoms with Gasteiger partial charge in [0.1, 0.15) is 6.10 Å². The Balaban J connectivity index is 1.90. The smallest absolute Gasteiger partial charge is 0.221 e. The molecular formula is C17H22N2O2. The van der Waals surface area contributed by atoms with Gasteiger partial charge in [0, 0.05) is 24.4 Å². The molecule has 0 saturated carbocycles. The van der Waals surface area contributed by atoms with Crippen LogP contribution in [-0.2, 0) is 11.3 Å². The van der Waals surface area contributed by atoms with Crippen molar-refractivity contribution in [2.45, 2.75) is 39.0 Å². The highest BCUT2D eigenvalue weighted by molar-refractivity contribution is 5.87. The summed E-state index contributed by atoms with van der Waals surface area (Å²) >= 11 is 0. The second-order valence-electron chi connectivity index (χ2n) is 5.78. The molecule has 1 aliphatic rings. The molecule has 3 rings (SSSR count). The van der Waals surface area contributed by atoms with Gasteiger partial charge in [-0.1, -0.05) is 32.0 Å². The quantitative estimate of drug-likeness (QED) is 0.918. The van der Waals surface area contributed by atoms with Crippen molar-refractivity contribution in [2.24, 2.45) is 0 Å². The summed E-state index contributed by atoms with van der Waals surface area (Å²) < 4.78 is 11.5. The fraction of sp³-hybridized carbons (Fsp3) is 0.471. The van der Waals surface area contributed by atoms with Crippen LogP contribution >= 0.6 is 0 Å². The lowest BCUT2D eigenvalue weighted by Gasteiger charge is -2.15. The lowest BCUT2D eigenvalue weighted by molar-refractivity contribution is 0.139. The van der Waals surface area contributed by atoms with Crippen LogP contribution in [0.15, 0.2) is 30.3 Å². The van der Waals surface area contributed by atoms with Crippen molar-refractivity contribution in [1.29, 1.82) is 0 Å².